The molecule has 20 heavy (non-hydrogen) atoms. The van der Waals surface area contributed by atoms with E-state index in [1.165, 1.54) is 6.07 Å². The first-order chi connectivity index (χ1) is 9.56. The third-order valence-corrected chi connectivity index (χ3v) is 3.82. The molecule has 0 amide bonds. The lowest BCUT2D eigenvalue weighted by atomic mass is 10.2. The number of aromatic nitrogens is 2. The van der Waals surface area contributed by atoms with Gasteiger partial charge in [-0.05, 0) is 11.6 Å². The van der Waals surface area contributed by atoms with E-state index in [-0.39, 0.29) is 5.75 Å². The van der Waals surface area contributed by atoms with Gasteiger partial charge in [-0.25, -0.2) is 0 Å². The average Bonchev–Trinajstić information content (AvgIpc) is 2.41. The van der Waals surface area contributed by atoms with Crippen LogP contribution < -0.4 is 5.56 Å². The van der Waals surface area contributed by atoms with E-state index in [4.69, 9.17) is 16.7 Å². The fourth-order valence-electron chi connectivity index (χ4n) is 1.59. The first-order valence-electron chi connectivity index (χ1n) is 5.72. The van der Waals surface area contributed by atoms with Crippen molar-refractivity contribution in [2.75, 3.05) is 5.75 Å². The van der Waals surface area contributed by atoms with E-state index < -0.39 is 11.5 Å². The van der Waals surface area contributed by atoms with Crippen molar-refractivity contribution in [3.63, 3.8) is 0 Å². The summed E-state index contributed by atoms with van der Waals surface area (Å²) < 4.78 is 1.70. The molecule has 0 saturated heterocycles. The first-order valence-corrected chi connectivity index (χ1v) is 7.08. The lowest BCUT2D eigenvalue weighted by molar-refractivity contribution is -0.133. The molecular formula is C13H11ClN2O3S. The third kappa shape index (κ3) is 3.85. The highest BCUT2D eigenvalue weighted by atomic mass is 35.5. The van der Waals surface area contributed by atoms with Gasteiger partial charge in [0.05, 0.1) is 12.3 Å². The van der Waals surface area contributed by atoms with Crippen LogP contribution in [0.5, 0.6) is 0 Å². The summed E-state index contributed by atoms with van der Waals surface area (Å²) in [5, 5.41) is 9.68. The van der Waals surface area contributed by atoms with Crippen LogP contribution in [0, 0.1) is 0 Å². The van der Waals surface area contributed by atoms with Crippen LogP contribution in [0.15, 0.2) is 46.5 Å². The van der Waals surface area contributed by atoms with Crippen LogP contribution in [0.1, 0.15) is 5.56 Å². The number of nitrogens with zero attached hydrogens (tertiary/aromatic N) is 2. The molecule has 2 rings (SSSR count). The Bertz CT molecular complexity index is 687. The summed E-state index contributed by atoms with van der Waals surface area (Å²) in [5.41, 5.74) is 0.477. The lowest BCUT2D eigenvalue weighted by Crippen LogP contribution is -2.15. The van der Waals surface area contributed by atoms with Crippen LogP contribution in [0.3, 0.4) is 0 Å². The smallest absolute Gasteiger partial charge is 0.313 e. The van der Waals surface area contributed by atoms with Crippen LogP contribution in [0.2, 0.25) is 5.02 Å². The second kappa shape index (κ2) is 6.58. The van der Waals surface area contributed by atoms with Crippen molar-refractivity contribution in [1.82, 2.24) is 9.55 Å². The highest BCUT2D eigenvalue weighted by Crippen LogP contribution is 2.19. The number of hydrogen-bond donors (Lipinski definition) is 1. The summed E-state index contributed by atoms with van der Waals surface area (Å²) in [6, 6.07) is 8.67. The average molecular weight is 311 g/mol. The lowest BCUT2D eigenvalue weighted by Gasteiger charge is -2.11. The Morgan fingerprint density at radius 2 is 2.10 bits per heavy atom. The molecule has 0 aliphatic heterocycles. The van der Waals surface area contributed by atoms with Crippen molar-refractivity contribution in [3.8, 4) is 0 Å². The van der Waals surface area contributed by atoms with Crippen molar-refractivity contribution in [2.45, 2.75) is 11.7 Å². The van der Waals surface area contributed by atoms with E-state index in [0.717, 1.165) is 17.3 Å². The number of carboxylic acid groups (broad SMARTS) is 1. The fraction of sp³-hybridized carbons (Fsp3) is 0.154. The van der Waals surface area contributed by atoms with Crippen LogP contribution >= 0.6 is 23.4 Å². The largest absolute Gasteiger partial charge is 0.481 e. The number of benzene rings is 1. The monoisotopic (exact) mass is 310 g/mol. The molecule has 1 heterocycles. The Morgan fingerprint density at radius 1 is 1.35 bits per heavy atom. The summed E-state index contributed by atoms with van der Waals surface area (Å²) in [7, 11) is 0. The predicted molar refractivity (Wildman–Crippen MR) is 77.4 cm³/mol. The highest BCUT2D eigenvalue weighted by Gasteiger charge is 2.08. The molecule has 0 radical (unpaired) electrons. The molecule has 0 aliphatic carbocycles. The van der Waals surface area contributed by atoms with Gasteiger partial charge in [-0.3, -0.25) is 9.59 Å². The fourth-order valence-corrected chi connectivity index (χ4v) is 2.48. The molecule has 1 aromatic heterocycles. The number of halogens is 1. The quantitative estimate of drug-likeness (QED) is 0.676. The van der Waals surface area contributed by atoms with Gasteiger partial charge < -0.3 is 9.67 Å². The number of rotatable bonds is 5. The molecule has 0 unspecified atom stereocenters. The normalized spacial score (nSPS) is 10.4. The van der Waals surface area contributed by atoms with Gasteiger partial charge in [0.1, 0.15) is 0 Å². The van der Waals surface area contributed by atoms with Gasteiger partial charge in [-0.15, -0.1) is 0 Å². The molecule has 0 atom stereocenters. The SMILES string of the molecule is O=C(O)CSc1nc(=O)ccn1Cc1ccccc1Cl. The molecule has 0 fully saturated rings. The van der Waals surface area contributed by atoms with Crippen LogP contribution in [-0.4, -0.2) is 26.4 Å². The van der Waals surface area contributed by atoms with E-state index in [1.54, 1.807) is 16.8 Å². The minimum Gasteiger partial charge on any atom is -0.481 e. The van der Waals surface area contributed by atoms with Crippen molar-refractivity contribution in [2.24, 2.45) is 0 Å². The maximum Gasteiger partial charge on any atom is 0.313 e. The number of carboxylic acids is 1. The van der Waals surface area contributed by atoms with E-state index in [1.807, 2.05) is 18.2 Å². The van der Waals surface area contributed by atoms with Gasteiger partial charge in [0.2, 0.25) is 0 Å². The van der Waals surface area contributed by atoms with Gasteiger partial charge in [0.15, 0.2) is 5.16 Å². The molecule has 0 aliphatic rings. The Hall–Kier alpha value is -1.79. The van der Waals surface area contributed by atoms with Crippen molar-refractivity contribution in [3.05, 3.63) is 57.5 Å². The molecule has 0 spiro atoms. The van der Waals surface area contributed by atoms with Gasteiger partial charge in [0.25, 0.3) is 5.56 Å². The van der Waals surface area contributed by atoms with E-state index >= 15 is 0 Å². The van der Waals surface area contributed by atoms with Gasteiger partial charge in [0, 0.05) is 17.3 Å². The summed E-state index contributed by atoms with van der Waals surface area (Å²) in [4.78, 5) is 25.8. The van der Waals surface area contributed by atoms with Crippen LogP contribution in [-0.2, 0) is 11.3 Å². The standard InChI is InChI=1S/C13H11ClN2O3S/c14-10-4-2-1-3-9(10)7-16-6-5-11(17)15-13(16)20-8-12(18)19/h1-6H,7-8H2,(H,18,19). The Balaban J connectivity index is 2.29. The topological polar surface area (TPSA) is 72.2 Å². The number of aliphatic carboxylic acids is 1. The van der Waals surface area contributed by atoms with E-state index in [2.05, 4.69) is 4.98 Å². The highest BCUT2D eigenvalue weighted by molar-refractivity contribution is 7.99. The number of carbonyl (C=O) groups is 1. The maximum atomic E-state index is 11.3. The molecule has 5 nitrogen and oxygen atoms in total. The Kier molecular flexibility index (Phi) is 4.81. The maximum absolute atomic E-state index is 11.3. The summed E-state index contributed by atoms with van der Waals surface area (Å²) in [6.45, 7) is 0.426. The predicted octanol–water partition coefficient (Wildman–Crippen LogP) is 2.12. The van der Waals surface area contributed by atoms with Gasteiger partial charge >= 0.3 is 5.97 Å². The van der Waals surface area contributed by atoms with E-state index in [0.29, 0.717) is 16.7 Å². The van der Waals surface area contributed by atoms with Crippen molar-refractivity contribution >= 4 is 29.3 Å². The molecule has 1 N–H and O–H groups in total. The summed E-state index contributed by atoms with van der Waals surface area (Å²) in [6.07, 6.45) is 1.59. The van der Waals surface area contributed by atoms with Crippen molar-refractivity contribution < 1.29 is 9.90 Å². The van der Waals surface area contributed by atoms with E-state index in [9.17, 15) is 9.59 Å². The second-order valence-electron chi connectivity index (χ2n) is 3.95. The zero-order valence-electron chi connectivity index (χ0n) is 10.3. The Morgan fingerprint density at radius 3 is 2.80 bits per heavy atom. The van der Waals surface area contributed by atoms with Crippen molar-refractivity contribution in [1.29, 1.82) is 0 Å². The molecule has 2 aromatic rings. The van der Waals surface area contributed by atoms with Crippen LogP contribution in [0.25, 0.3) is 0 Å². The zero-order valence-corrected chi connectivity index (χ0v) is 11.9. The molecule has 1 aromatic carbocycles. The first kappa shape index (κ1) is 14.6. The third-order valence-electron chi connectivity index (χ3n) is 2.47. The van der Waals surface area contributed by atoms with Crippen LogP contribution in [0.4, 0.5) is 0 Å². The van der Waals surface area contributed by atoms with Gasteiger partial charge in [-0.2, -0.15) is 4.98 Å². The minimum atomic E-state index is -0.961. The van der Waals surface area contributed by atoms with Gasteiger partial charge in [-0.1, -0.05) is 41.6 Å². The summed E-state index contributed by atoms with van der Waals surface area (Å²) in [5.74, 6) is -1.11. The minimum absolute atomic E-state index is 0.154. The molecular weight excluding hydrogens is 300 g/mol. The Labute approximate surface area is 124 Å². The second-order valence-corrected chi connectivity index (χ2v) is 5.30. The molecule has 0 saturated carbocycles. The number of hydrogen-bond acceptors (Lipinski definition) is 4. The molecule has 7 heteroatoms. The zero-order chi connectivity index (χ0) is 14.5. The molecule has 104 valence electrons. The number of thioether (sulfide) groups is 1. The summed E-state index contributed by atoms with van der Waals surface area (Å²) >= 11 is 7.09. The molecule has 0 bridgehead atoms.